The molecule has 16 N–H and O–H groups in total. The fraction of sp³-hybridized carbons (Fsp3) is 0.545. The summed E-state index contributed by atoms with van der Waals surface area (Å²) in [4.78, 5) is 234. The zero-order valence-electron chi connectivity index (χ0n) is 59.8. The first-order chi connectivity index (χ1) is 55.9. The number of ether oxygens (including phenoxy) is 6. The van der Waals surface area contributed by atoms with E-state index in [1.807, 2.05) is 24.9 Å². The molecule has 6 aliphatic heterocycles. The lowest BCUT2D eigenvalue weighted by Crippen LogP contribution is -2.33. The van der Waals surface area contributed by atoms with Crippen molar-refractivity contribution >= 4 is 80.0 Å². The number of H-pyrrole nitrogens is 6. The average molecular weight is 1880 g/mol. The van der Waals surface area contributed by atoms with Crippen LogP contribution in [0.15, 0.2) is 119 Å². The molecule has 652 valence electrons. The summed E-state index contributed by atoms with van der Waals surface area (Å²) in [5, 5.41) is 10.0. The van der Waals surface area contributed by atoms with Crippen LogP contribution in [0.4, 0.5) is 5.95 Å². The number of halogens is 1. The van der Waals surface area contributed by atoms with Gasteiger partial charge in [-0.25, -0.2) is 56.3 Å². The van der Waals surface area contributed by atoms with Gasteiger partial charge >= 0.3 is 75.4 Å². The highest BCUT2D eigenvalue weighted by atomic mass is 79.9. The van der Waals surface area contributed by atoms with Gasteiger partial charge in [0.25, 0.3) is 33.4 Å². The van der Waals surface area contributed by atoms with Gasteiger partial charge in [0.2, 0.25) is 5.95 Å². The highest BCUT2D eigenvalue weighted by Crippen LogP contribution is 2.57. The zero-order chi connectivity index (χ0) is 85.8. The van der Waals surface area contributed by atoms with Gasteiger partial charge in [-0.3, -0.25) is 136 Å². The summed E-state index contributed by atoms with van der Waals surface area (Å²) in [5.74, 6) is -0.359. The summed E-state index contributed by atoms with van der Waals surface area (Å²) < 4.78 is 181. The molecule has 0 saturated carbocycles. The number of phosphoric acid groups is 6. The number of fused-ring (bicyclic) bond motifs is 1. The van der Waals surface area contributed by atoms with Gasteiger partial charge in [0.05, 0.1) is 50.4 Å². The Kier molecular flexibility index (Phi) is 26.8. The molecule has 23 atom stereocenters. The molecule has 0 aliphatic carbocycles. The lowest BCUT2D eigenvalue weighted by Gasteiger charge is -2.26. The number of nitrogen functional groups attached to an aromatic ring is 1. The van der Waals surface area contributed by atoms with Crippen LogP contribution in [0, 0.1) is 0 Å². The number of nitrogens with two attached hydrogens (primary N) is 1. The van der Waals surface area contributed by atoms with Crippen LogP contribution >= 0.6 is 62.9 Å². The molecule has 13 rings (SSSR count). The van der Waals surface area contributed by atoms with Crippen LogP contribution in [-0.4, -0.2) is 220 Å². The summed E-state index contributed by atoms with van der Waals surface area (Å²) in [5.41, 5.74) is -5.27. The first-order valence-corrected chi connectivity index (χ1v) is 44.3. The number of hydrogen-bond donors (Lipinski definition) is 15. The van der Waals surface area contributed by atoms with Gasteiger partial charge in [-0.1, -0.05) is 0 Å². The predicted octanol–water partition coefficient (Wildman–Crippen LogP) is -4.08. The third kappa shape index (κ3) is 21.9. The molecule has 0 radical (unpaired) electrons. The Hall–Kier alpha value is -7.59. The zero-order valence-corrected chi connectivity index (χ0v) is 66.8. The van der Waals surface area contributed by atoms with E-state index in [1.165, 1.54) is 0 Å². The van der Waals surface area contributed by atoms with Crippen LogP contribution in [0.3, 0.4) is 0 Å². The number of rotatable bonds is 34. The normalized spacial score (nSPS) is 29.8. The van der Waals surface area contributed by atoms with Crippen LogP contribution in [-0.2, 0) is 106 Å². The quantitative estimate of drug-likeness (QED) is 0.0171. The number of nitrogens with one attached hydrogen (secondary N) is 6. The second-order valence-electron chi connectivity index (χ2n) is 26.5. The predicted molar refractivity (Wildman–Crippen MR) is 385 cm³/mol. The molecule has 64 heteroatoms. The minimum Gasteiger partial charge on any atom is -0.394 e. The second-order valence-corrected chi connectivity index (χ2v) is 35.6. The van der Waals surface area contributed by atoms with Crippen molar-refractivity contribution < 1.29 is 145 Å². The Bertz CT molecular complexity index is 5980. The van der Waals surface area contributed by atoms with Crippen molar-refractivity contribution in [3.63, 3.8) is 0 Å². The number of phosphoric ester groups is 6. The number of aliphatic hydroxyl groups is 1. The lowest BCUT2D eigenvalue weighted by molar-refractivity contribution is -0.0656. The van der Waals surface area contributed by atoms with Gasteiger partial charge in [-0.15, -0.1) is 0 Å². The van der Waals surface area contributed by atoms with E-state index in [2.05, 4.69) is 30.9 Å². The third-order valence-corrected chi connectivity index (χ3v) is 24.7. The highest BCUT2D eigenvalue weighted by molar-refractivity contribution is 9.10. The van der Waals surface area contributed by atoms with E-state index in [0.29, 0.717) is 0 Å². The van der Waals surface area contributed by atoms with E-state index >= 15 is 0 Å². The van der Waals surface area contributed by atoms with Crippen LogP contribution in [0.5, 0.6) is 0 Å². The van der Waals surface area contributed by atoms with E-state index in [1.54, 1.807) is 0 Å². The van der Waals surface area contributed by atoms with Gasteiger partial charge in [0, 0.05) is 93.8 Å². The van der Waals surface area contributed by atoms with Crippen LogP contribution in [0.1, 0.15) is 75.9 Å². The number of hydrogen-bond acceptors (Lipinski definition) is 38. The molecular formula is C55H68BrN15O42P6. The van der Waals surface area contributed by atoms with Gasteiger partial charge in [0.1, 0.15) is 111 Å². The van der Waals surface area contributed by atoms with E-state index in [-0.39, 0.29) is 28.0 Å². The van der Waals surface area contributed by atoms with Crippen LogP contribution in [0.2, 0.25) is 0 Å². The molecule has 5 unspecified atom stereocenters. The molecule has 0 aromatic carbocycles. The Morgan fingerprint density at radius 1 is 0.395 bits per heavy atom. The maximum atomic E-state index is 14.2. The maximum Gasteiger partial charge on any atom is 0.472 e. The minimum atomic E-state index is -5.72. The molecule has 6 aliphatic rings. The first-order valence-electron chi connectivity index (χ1n) is 34.5. The second kappa shape index (κ2) is 35.7. The van der Waals surface area contributed by atoms with Crippen LogP contribution < -0.4 is 67.5 Å². The fourth-order valence-corrected chi connectivity index (χ4v) is 19.0. The molecule has 0 bridgehead atoms. The Morgan fingerprint density at radius 3 is 0.975 bits per heavy atom. The van der Waals surface area contributed by atoms with Crippen LogP contribution in [0.25, 0.3) is 11.2 Å². The lowest BCUT2D eigenvalue weighted by atomic mass is 10.2. The topological polar surface area (TPSA) is 785 Å². The Morgan fingerprint density at radius 2 is 0.672 bits per heavy atom. The van der Waals surface area contributed by atoms with E-state index < -0.39 is 291 Å². The molecule has 7 aromatic heterocycles. The fourth-order valence-electron chi connectivity index (χ4n) is 13.3. The number of imidazole rings is 1. The van der Waals surface area contributed by atoms with Crippen molar-refractivity contribution in [1.82, 2.24) is 67.3 Å². The molecular weight excluding hydrogens is 1810 g/mol. The number of nitrogens with zero attached hydrogens (tertiary/aromatic N) is 8. The van der Waals surface area contributed by atoms with E-state index in [0.717, 1.165) is 89.0 Å². The molecule has 0 amide bonds. The molecule has 6 saturated heterocycles. The van der Waals surface area contributed by atoms with Gasteiger partial charge in [0.15, 0.2) is 11.2 Å². The number of anilines is 1. The van der Waals surface area contributed by atoms with E-state index in [9.17, 15) is 119 Å². The molecule has 13 heterocycles. The van der Waals surface area contributed by atoms with Crippen molar-refractivity contribution in [2.75, 3.05) is 45.4 Å². The van der Waals surface area contributed by atoms with Crippen molar-refractivity contribution in [2.45, 2.75) is 149 Å². The molecule has 6 fully saturated rings. The van der Waals surface area contributed by atoms with Gasteiger partial charge < -0.3 is 73.5 Å². The SMILES string of the molecule is Nc1nc2c(ncn2[C@H]2C[C@H](OP(=O)(O)O)[C@@H](COP(=O)(O)O[C@H]3C[C@H](n4cc(Br)c(=O)[nH]c4=O)O[C@@H]3COP(=O)(O)O[C@H]3C[C@H](n4ccc(=O)[nH]c4=O)O[C@@H]3COP(=O)(O)O[C@H]3C[C@H](n4ccc(=O)[nH]c4=O)O[C@@H]3COP(=O)(O)O[C@H]3C[C@H](n4ccc(=O)[nH]c4=O)O[C@@H]3COP(=O)(O)O[C@H]3C[C@H](n4ccc(=O)[nH]c4=O)O[C@@H]3CO)O2)c(=O)[nH]1. The third-order valence-electron chi connectivity index (χ3n) is 18.5. The van der Waals surface area contributed by atoms with E-state index in [4.69, 9.17) is 83.9 Å². The Labute approximate surface area is 664 Å². The molecule has 0 spiro atoms. The highest BCUT2D eigenvalue weighted by Gasteiger charge is 2.52. The summed E-state index contributed by atoms with van der Waals surface area (Å²) in [6.07, 6.45) is -27.6. The molecule has 119 heavy (non-hydrogen) atoms. The van der Waals surface area contributed by atoms with Gasteiger partial charge in [-0.05, 0) is 15.9 Å². The van der Waals surface area contributed by atoms with Crippen molar-refractivity contribution in [3.8, 4) is 0 Å². The summed E-state index contributed by atoms with van der Waals surface area (Å²) in [6.45, 7) is -6.67. The molecule has 57 nitrogen and oxygen atoms in total. The minimum absolute atomic E-state index is 0.159. The van der Waals surface area contributed by atoms with Gasteiger partial charge in [-0.2, -0.15) is 4.98 Å². The number of aromatic amines is 6. The van der Waals surface area contributed by atoms with Crippen molar-refractivity contribution in [2.24, 2.45) is 0 Å². The molecule has 7 aromatic rings. The monoisotopic (exact) mass is 1880 g/mol. The summed E-state index contributed by atoms with van der Waals surface area (Å²) in [6, 6.07) is 3.58. The Balaban J connectivity index is 0.688. The number of aliphatic hydroxyl groups excluding tert-OH is 1. The summed E-state index contributed by atoms with van der Waals surface area (Å²) >= 11 is 2.97. The largest absolute Gasteiger partial charge is 0.472 e. The number of aromatic nitrogens is 14. The average Bonchev–Trinajstić information content (AvgIpc) is 1.60. The standard InChI is InChI=1S/C55H68BrN15O42P6/c56-23-15-70(55(83)65-48(23)77)44-14-29(113-116(89,90)97-17-31-25(108-114(84,85)86)10-45(107-31)71-22-58-46-47(71)63-50(57)64-49(46)78)35(106-44)21-101-119(95,96)112-28-13-43(69-8-4-39(76)62-54(69)82)105-34(28)20-100-118(93,94)111-27-12-42(68-7-3-38(75)61-53(68)81)104-33(27)19-99-117(91,92)110-26-11-41(67-6-2-37(74)60-52(67)80)103-32(26)18-98-115(87,88)109-24-9-40(102-30(24)16-72)66-5-1-36(73)59-51(66)79/h1-8,15,22,24-35,40-45,72H,9-14,16-21H2,(H,87,88)(H,89,90)(H,91,92)(H,93,94)(H,95,96)(H,59,73,79)(H,60,74,80)(H,61,75,81)(H,62,76,82)(H,65,77,83)(H2,84,85,86)(H3,57,63,64,78)/t24-,25-,26-,27-,28-,29-,30+,31+,32+,33+,34+,35+,40+,41+,42+,43+,44+,45+/m0/s1. The maximum absolute atomic E-state index is 14.2. The van der Waals surface area contributed by atoms with Crippen molar-refractivity contribution in [1.29, 1.82) is 0 Å². The summed E-state index contributed by atoms with van der Waals surface area (Å²) in [7, 11) is -33.4. The first kappa shape index (κ1) is 89.2. The smallest absolute Gasteiger partial charge is 0.394 e. The van der Waals surface area contributed by atoms with Crippen molar-refractivity contribution in [3.05, 3.63) is 181 Å².